The number of aromatic carboxylic acids is 1. The van der Waals surface area contributed by atoms with E-state index in [4.69, 9.17) is 10.2 Å². The van der Waals surface area contributed by atoms with Crippen LogP contribution in [-0.4, -0.2) is 26.8 Å². The second kappa shape index (κ2) is 4.51. The van der Waals surface area contributed by atoms with Crippen molar-refractivity contribution in [3.05, 3.63) is 33.9 Å². The minimum absolute atomic E-state index is 0.0738. The van der Waals surface area contributed by atoms with Crippen LogP contribution in [0.4, 0.5) is 18.0 Å². The fourth-order valence-electron chi connectivity index (χ4n) is 1.92. The van der Waals surface area contributed by atoms with Crippen LogP contribution in [0.15, 0.2) is 22.8 Å². The van der Waals surface area contributed by atoms with Gasteiger partial charge >= 0.3 is 18.2 Å². The molecule has 0 fully saturated rings. The number of halogens is 4. The van der Waals surface area contributed by atoms with Gasteiger partial charge in [0.15, 0.2) is 0 Å². The number of alkyl halides is 3. The molecule has 0 radical (unpaired) electrons. The second-order valence-corrected chi connectivity index (χ2v) is 4.67. The number of hydrogen-bond acceptors (Lipinski definition) is 2. The summed E-state index contributed by atoms with van der Waals surface area (Å²) in [6.45, 7) is 0. The largest absolute Gasteiger partial charge is 0.478 e. The van der Waals surface area contributed by atoms with E-state index in [1.807, 2.05) is 0 Å². The highest BCUT2D eigenvalue weighted by molar-refractivity contribution is 9.10. The molecular weight excluding hydrogens is 347 g/mol. The summed E-state index contributed by atoms with van der Waals surface area (Å²) in [5, 5.41) is 18.0. The molecule has 0 saturated heterocycles. The number of fused-ring (bicyclic) bond motifs is 1. The topological polar surface area (TPSA) is 79.5 Å². The number of hydrogen-bond donors (Lipinski definition) is 2. The highest BCUT2D eigenvalue weighted by atomic mass is 79.9. The summed E-state index contributed by atoms with van der Waals surface area (Å²) in [5.74, 6) is -1.86. The van der Waals surface area contributed by atoms with E-state index in [1.54, 1.807) is 0 Å². The van der Waals surface area contributed by atoms with Crippen LogP contribution in [0.5, 0.6) is 0 Å². The molecule has 0 bridgehead atoms. The van der Waals surface area contributed by atoms with Crippen molar-refractivity contribution in [2.45, 2.75) is 6.18 Å². The SMILES string of the molecule is O=C(O)c1c(C(F)(F)F)c(Br)cc2ccn(C(=O)O)c12. The lowest BCUT2D eigenvalue weighted by Crippen LogP contribution is -2.17. The predicted octanol–water partition coefficient (Wildman–Crippen LogP) is 3.65. The van der Waals surface area contributed by atoms with Crippen molar-refractivity contribution in [3.8, 4) is 0 Å². The van der Waals surface area contributed by atoms with E-state index in [1.165, 1.54) is 6.07 Å². The predicted molar refractivity (Wildman–Crippen MR) is 65.0 cm³/mol. The average Bonchev–Trinajstić information content (AvgIpc) is 2.68. The standard InChI is InChI=1S/C11H5BrF3NO4/c12-5-3-4-1-2-16(10(19)20)8(4)6(9(17)18)7(5)11(13,14)15/h1-3H,(H,17,18)(H,19,20). The average molecular weight is 352 g/mol. The minimum Gasteiger partial charge on any atom is -0.478 e. The Bertz CT molecular complexity index is 735. The molecular formula is C11H5BrF3NO4. The van der Waals surface area contributed by atoms with Crippen molar-refractivity contribution in [1.29, 1.82) is 0 Å². The molecule has 5 nitrogen and oxygen atoms in total. The molecule has 2 aromatic rings. The maximum absolute atomic E-state index is 13.0. The summed E-state index contributed by atoms with van der Waals surface area (Å²) in [7, 11) is 0. The minimum atomic E-state index is -4.94. The number of carboxylic acid groups (broad SMARTS) is 2. The van der Waals surface area contributed by atoms with Gasteiger partial charge in [0.05, 0.1) is 16.6 Å². The van der Waals surface area contributed by atoms with Gasteiger partial charge < -0.3 is 10.2 Å². The fraction of sp³-hybridized carbons (Fsp3) is 0.0909. The monoisotopic (exact) mass is 351 g/mol. The molecule has 0 spiro atoms. The van der Waals surface area contributed by atoms with Crippen LogP contribution in [0.1, 0.15) is 15.9 Å². The van der Waals surface area contributed by atoms with Crippen molar-refractivity contribution in [2.24, 2.45) is 0 Å². The van der Waals surface area contributed by atoms with Gasteiger partial charge in [-0.25, -0.2) is 9.59 Å². The first-order chi connectivity index (χ1) is 9.14. The molecule has 1 heterocycles. The molecule has 9 heteroatoms. The lowest BCUT2D eigenvalue weighted by atomic mass is 10.0. The Kier molecular flexibility index (Phi) is 3.24. The third kappa shape index (κ3) is 2.13. The first-order valence-corrected chi connectivity index (χ1v) is 5.81. The zero-order valence-electron chi connectivity index (χ0n) is 9.40. The van der Waals surface area contributed by atoms with Crippen molar-refractivity contribution in [3.63, 3.8) is 0 Å². The van der Waals surface area contributed by atoms with Crippen LogP contribution < -0.4 is 0 Å². The molecule has 0 atom stereocenters. The van der Waals surface area contributed by atoms with E-state index in [2.05, 4.69) is 15.9 Å². The van der Waals surface area contributed by atoms with Crippen molar-refractivity contribution in [2.75, 3.05) is 0 Å². The van der Waals surface area contributed by atoms with Crippen LogP contribution in [0, 0.1) is 0 Å². The Labute approximate surface area is 117 Å². The second-order valence-electron chi connectivity index (χ2n) is 3.82. The van der Waals surface area contributed by atoms with Crippen molar-refractivity contribution >= 4 is 38.9 Å². The number of benzene rings is 1. The Hall–Kier alpha value is -2.03. The highest BCUT2D eigenvalue weighted by Gasteiger charge is 2.39. The highest BCUT2D eigenvalue weighted by Crippen LogP contribution is 2.41. The zero-order valence-corrected chi connectivity index (χ0v) is 11.0. The fourth-order valence-corrected chi connectivity index (χ4v) is 2.59. The molecule has 2 N–H and O–H groups in total. The Morgan fingerprint density at radius 3 is 2.30 bits per heavy atom. The van der Waals surface area contributed by atoms with Crippen LogP contribution in [0.2, 0.25) is 0 Å². The van der Waals surface area contributed by atoms with Gasteiger partial charge in [0.2, 0.25) is 0 Å². The molecule has 0 aliphatic heterocycles. The number of carbonyl (C=O) groups is 2. The van der Waals surface area contributed by atoms with Gasteiger partial charge in [-0.1, -0.05) is 15.9 Å². The maximum Gasteiger partial charge on any atom is 0.418 e. The maximum atomic E-state index is 13.0. The van der Waals surface area contributed by atoms with E-state index < -0.39 is 39.4 Å². The molecule has 0 aliphatic rings. The molecule has 20 heavy (non-hydrogen) atoms. The quantitative estimate of drug-likeness (QED) is 0.821. The molecule has 0 saturated carbocycles. The molecule has 106 valence electrons. The molecule has 0 unspecified atom stereocenters. The summed E-state index contributed by atoms with van der Waals surface area (Å²) in [6.07, 6.45) is -5.52. The van der Waals surface area contributed by atoms with Crippen molar-refractivity contribution in [1.82, 2.24) is 4.57 Å². The van der Waals surface area contributed by atoms with Crippen LogP contribution in [0.25, 0.3) is 10.9 Å². The Morgan fingerprint density at radius 1 is 1.25 bits per heavy atom. The van der Waals surface area contributed by atoms with E-state index in [0.717, 1.165) is 12.3 Å². The summed E-state index contributed by atoms with van der Waals surface area (Å²) in [6, 6.07) is 2.25. The number of rotatable bonds is 1. The van der Waals surface area contributed by atoms with Gasteiger partial charge in [0.1, 0.15) is 0 Å². The summed E-state index contributed by atoms with van der Waals surface area (Å²) in [4.78, 5) is 22.2. The van der Waals surface area contributed by atoms with Gasteiger partial charge in [-0.15, -0.1) is 0 Å². The summed E-state index contributed by atoms with van der Waals surface area (Å²) in [5.41, 5.74) is -3.03. The number of aromatic nitrogens is 1. The smallest absolute Gasteiger partial charge is 0.418 e. The Balaban J connectivity index is 3.04. The molecule has 0 aliphatic carbocycles. The molecule has 1 aromatic carbocycles. The van der Waals surface area contributed by atoms with Gasteiger partial charge in [-0.3, -0.25) is 4.57 Å². The lowest BCUT2D eigenvalue weighted by molar-refractivity contribution is -0.138. The van der Waals surface area contributed by atoms with Gasteiger partial charge in [-0.05, 0) is 12.1 Å². The Morgan fingerprint density at radius 2 is 1.85 bits per heavy atom. The van der Waals surface area contributed by atoms with Crippen molar-refractivity contribution < 1.29 is 33.0 Å². The first kappa shape index (κ1) is 14.4. The lowest BCUT2D eigenvalue weighted by Gasteiger charge is -2.14. The summed E-state index contributed by atoms with van der Waals surface area (Å²) >= 11 is 2.68. The number of carboxylic acids is 1. The molecule has 0 amide bonds. The van der Waals surface area contributed by atoms with E-state index >= 15 is 0 Å². The first-order valence-electron chi connectivity index (χ1n) is 5.02. The van der Waals surface area contributed by atoms with Gasteiger partial charge in [0.25, 0.3) is 0 Å². The van der Waals surface area contributed by atoms with E-state index in [0.29, 0.717) is 4.57 Å². The van der Waals surface area contributed by atoms with E-state index in [9.17, 15) is 22.8 Å². The van der Waals surface area contributed by atoms with Crippen LogP contribution in [-0.2, 0) is 6.18 Å². The zero-order chi connectivity index (χ0) is 15.2. The molecule has 1 aromatic heterocycles. The molecule has 2 rings (SSSR count). The van der Waals surface area contributed by atoms with E-state index in [-0.39, 0.29) is 5.39 Å². The summed E-state index contributed by atoms with van der Waals surface area (Å²) < 4.78 is 38.9. The van der Waals surface area contributed by atoms with Crippen LogP contribution >= 0.6 is 15.9 Å². The third-order valence-corrected chi connectivity index (χ3v) is 3.25. The van der Waals surface area contributed by atoms with Crippen LogP contribution in [0.3, 0.4) is 0 Å². The third-order valence-electron chi connectivity index (χ3n) is 2.63. The number of nitrogens with zero attached hydrogens (tertiary/aromatic N) is 1. The van der Waals surface area contributed by atoms with Gasteiger partial charge in [-0.2, -0.15) is 13.2 Å². The normalized spacial score (nSPS) is 11.8. The van der Waals surface area contributed by atoms with Gasteiger partial charge in [0, 0.05) is 16.1 Å².